The van der Waals surface area contributed by atoms with Gasteiger partial charge in [0.1, 0.15) is 11.6 Å². The van der Waals surface area contributed by atoms with Crippen molar-refractivity contribution in [3.05, 3.63) is 11.6 Å². The number of hydrogen-bond acceptors (Lipinski definition) is 3. The summed E-state index contributed by atoms with van der Waals surface area (Å²) in [4.78, 5) is 0. The Morgan fingerprint density at radius 3 is 2.71 bits per heavy atom. The molecule has 94 valence electrons. The molecular weight excluding hydrogens is 212 g/mol. The lowest BCUT2D eigenvalue weighted by Crippen LogP contribution is -2.23. The van der Waals surface area contributed by atoms with Gasteiger partial charge in [-0.1, -0.05) is 0 Å². The van der Waals surface area contributed by atoms with Gasteiger partial charge in [0.25, 0.3) is 0 Å². The van der Waals surface area contributed by atoms with Crippen LogP contribution in [0.5, 0.6) is 0 Å². The van der Waals surface area contributed by atoms with Crippen molar-refractivity contribution in [2.45, 2.75) is 57.4 Å². The normalized spacial score (nSPS) is 29.0. The molecule has 1 aliphatic heterocycles. The third-order valence-electron chi connectivity index (χ3n) is 4.43. The van der Waals surface area contributed by atoms with Crippen LogP contribution in [0.2, 0.25) is 0 Å². The average Bonchev–Trinajstić information content (AvgIpc) is 2.83. The van der Waals surface area contributed by atoms with Crippen molar-refractivity contribution >= 4 is 0 Å². The zero-order chi connectivity index (χ0) is 11.7. The highest BCUT2D eigenvalue weighted by Crippen LogP contribution is 2.35. The van der Waals surface area contributed by atoms with Crippen LogP contribution >= 0.6 is 0 Å². The molecule has 4 nitrogen and oxygen atoms in total. The van der Waals surface area contributed by atoms with Crippen LogP contribution in [-0.2, 0) is 13.0 Å². The highest BCUT2D eigenvalue weighted by Gasteiger charge is 2.27. The van der Waals surface area contributed by atoms with Crippen molar-refractivity contribution in [3.8, 4) is 0 Å². The number of aromatic nitrogens is 3. The van der Waals surface area contributed by atoms with Crippen LogP contribution in [0.3, 0.4) is 0 Å². The van der Waals surface area contributed by atoms with E-state index in [2.05, 4.69) is 14.8 Å². The van der Waals surface area contributed by atoms with Gasteiger partial charge in [-0.25, -0.2) is 0 Å². The lowest BCUT2D eigenvalue weighted by Gasteiger charge is -2.28. The maximum absolute atomic E-state index is 5.75. The van der Waals surface area contributed by atoms with Crippen molar-refractivity contribution in [1.29, 1.82) is 0 Å². The Labute approximate surface area is 103 Å². The van der Waals surface area contributed by atoms with Crippen molar-refractivity contribution in [3.63, 3.8) is 0 Å². The van der Waals surface area contributed by atoms with Crippen molar-refractivity contribution in [2.24, 2.45) is 11.7 Å². The summed E-state index contributed by atoms with van der Waals surface area (Å²) in [5.74, 6) is 3.86. The van der Waals surface area contributed by atoms with Gasteiger partial charge in [-0.05, 0) is 51.0 Å². The summed E-state index contributed by atoms with van der Waals surface area (Å²) in [5, 5.41) is 8.81. The largest absolute Gasteiger partial charge is 0.330 e. The lowest BCUT2D eigenvalue weighted by atomic mass is 9.81. The van der Waals surface area contributed by atoms with Crippen molar-refractivity contribution < 1.29 is 0 Å². The summed E-state index contributed by atoms with van der Waals surface area (Å²) in [6, 6.07) is 0. The number of fused-ring (bicyclic) bond motifs is 1. The summed E-state index contributed by atoms with van der Waals surface area (Å²) in [7, 11) is 0. The van der Waals surface area contributed by atoms with Crippen LogP contribution in [0.25, 0.3) is 0 Å². The molecule has 2 N–H and O–H groups in total. The quantitative estimate of drug-likeness (QED) is 0.849. The van der Waals surface area contributed by atoms with Crippen LogP contribution < -0.4 is 5.73 Å². The van der Waals surface area contributed by atoms with E-state index >= 15 is 0 Å². The molecule has 0 bridgehead atoms. The minimum atomic E-state index is 0.636. The Morgan fingerprint density at radius 1 is 1.12 bits per heavy atom. The SMILES string of the molecule is NCC1CCC(c2nnc3n2CCCC3)CC1. The standard InChI is InChI=1S/C13H22N4/c14-9-10-4-6-11(7-5-10)13-16-15-12-3-1-2-8-17(12)13/h10-11H,1-9,14H2. The topological polar surface area (TPSA) is 56.7 Å². The first-order chi connectivity index (χ1) is 8.38. The van der Waals surface area contributed by atoms with E-state index in [0.717, 1.165) is 25.4 Å². The van der Waals surface area contributed by atoms with Crippen LogP contribution in [0.15, 0.2) is 0 Å². The third-order valence-corrected chi connectivity index (χ3v) is 4.43. The summed E-state index contributed by atoms with van der Waals surface area (Å²) in [5.41, 5.74) is 5.75. The fourth-order valence-electron chi connectivity index (χ4n) is 3.29. The van der Waals surface area contributed by atoms with E-state index in [4.69, 9.17) is 5.73 Å². The van der Waals surface area contributed by atoms with Gasteiger partial charge in [-0.3, -0.25) is 0 Å². The molecule has 0 unspecified atom stereocenters. The molecule has 1 fully saturated rings. The number of aryl methyl sites for hydroxylation is 1. The molecule has 2 heterocycles. The van der Waals surface area contributed by atoms with E-state index in [1.807, 2.05) is 0 Å². The average molecular weight is 234 g/mol. The van der Waals surface area contributed by atoms with Gasteiger partial charge < -0.3 is 10.3 Å². The maximum Gasteiger partial charge on any atom is 0.136 e. The van der Waals surface area contributed by atoms with Crippen LogP contribution in [0.1, 0.15) is 56.1 Å². The summed E-state index contributed by atoms with van der Waals surface area (Å²) in [6.45, 7) is 1.99. The molecule has 1 aromatic rings. The molecule has 4 heteroatoms. The highest BCUT2D eigenvalue weighted by atomic mass is 15.3. The monoisotopic (exact) mass is 234 g/mol. The van der Waals surface area contributed by atoms with Gasteiger partial charge in [0.2, 0.25) is 0 Å². The lowest BCUT2D eigenvalue weighted by molar-refractivity contribution is 0.317. The van der Waals surface area contributed by atoms with E-state index in [9.17, 15) is 0 Å². The molecule has 0 radical (unpaired) electrons. The molecule has 0 saturated heterocycles. The zero-order valence-corrected chi connectivity index (χ0v) is 10.4. The van der Waals surface area contributed by atoms with E-state index in [1.165, 1.54) is 50.2 Å². The number of hydrogen-bond donors (Lipinski definition) is 1. The van der Waals surface area contributed by atoms with Gasteiger partial charge in [0.15, 0.2) is 0 Å². The van der Waals surface area contributed by atoms with E-state index in [0.29, 0.717) is 5.92 Å². The molecule has 0 aromatic carbocycles. The zero-order valence-electron chi connectivity index (χ0n) is 10.4. The van der Waals surface area contributed by atoms with Gasteiger partial charge in [-0.15, -0.1) is 10.2 Å². The number of nitrogens with zero attached hydrogens (tertiary/aromatic N) is 3. The summed E-state index contributed by atoms with van der Waals surface area (Å²) < 4.78 is 2.39. The second-order valence-corrected chi connectivity index (χ2v) is 5.54. The minimum Gasteiger partial charge on any atom is -0.330 e. The van der Waals surface area contributed by atoms with E-state index < -0.39 is 0 Å². The molecule has 1 aromatic heterocycles. The van der Waals surface area contributed by atoms with Gasteiger partial charge in [-0.2, -0.15) is 0 Å². The first-order valence-electron chi connectivity index (χ1n) is 7.00. The molecule has 0 spiro atoms. The molecular formula is C13H22N4. The van der Waals surface area contributed by atoms with Crippen molar-refractivity contribution in [2.75, 3.05) is 6.54 Å². The molecule has 0 amide bonds. The highest BCUT2D eigenvalue weighted by molar-refractivity contribution is 5.05. The van der Waals surface area contributed by atoms with Gasteiger partial charge >= 0.3 is 0 Å². The fraction of sp³-hybridized carbons (Fsp3) is 0.846. The molecule has 3 rings (SSSR count). The van der Waals surface area contributed by atoms with Crippen LogP contribution in [0.4, 0.5) is 0 Å². The van der Waals surface area contributed by atoms with Gasteiger partial charge in [0.05, 0.1) is 0 Å². The predicted octanol–water partition coefficient (Wildman–Crippen LogP) is 1.85. The number of rotatable bonds is 2. The van der Waals surface area contributed by atoms with Crippen molar-refractivity contribution in [1.82, 2.24) is 14.8 Å². The predicted molar refractivity (Wildman–Crippen MR) is 66.7 cm³/mol. The Bertz CT molecular complexity index is 377. The molecule has 0 atom stereocenters. The van der Waals surface area contributed by atoms with E-state index in [1.54, 1.807) is 0 Å². The first-order valence-corrected chi connectivity index (χ1v) is 7.00. The summed E-state index contributed by atoms with van der Waals surface area (Å²) >= 11 is 0. The molecule has 1 saturated carbocycles. The Balaban J connectivity index is 1.74. The minimum absolute atomic E-state index is 0.636. The summed E-state index contributed by atoms with van der Waals surface area (Å²) in [6.07, 6.45) is 8.71. The second kappa shape index (κ2) is 4.77. The van der Waals surface area contributed by atoms with Gasteiger partial charge in [0, 0.05) is 18.9 Å². The first kappa shape index (κ1) is 11.2. The molecule has 17 heavy (non-hydrogen) atoms. The van der Waals surface area contributed by atoms with Crippen LogP contribution in [-0.4, -0.2) is 21.3 Å². The Kier molecular flexibility index (Phi) is 3.14. The van der Waals surface area contributed by atoms with E-state index in [-0.39, 0.29) is 0 Å². The van der Waals surface area contributed by atoms with Crippen LogP contribution in [0, 0.1) is 5.92 Å². The maximum atomic E-state index is 5.75. The Morgan fingerprint density at radius 2 is 1.94 bits per heavy atom. The Hall–Kier alpha value is -0.900. The fourth-order valence-corrected chi connectivity index (χ4v) is 3.29. The molecule has 2 aliphatic rings. The second-order valence-electron chi connectivity index (χ2n) is 5.54. The number of nitrogens with two attached hydrogens (primary N) is 1. The smallest absolute Gasteiger partial charge is 0.136 e. The third kappa shape index (κ3) is 2.10. The molecule has 1 aliphatic carbocycles.